The Morgan fingerprint density at radius 3 is 1.75 bits per heavy atom. The summed E-state index contributed by atoms with van der Waals surface area (Å²) in [6, 6.07) is 35.2. The highest BCUT2D eigenvalue weighted by atomic mass is 16.7. The van der Waals surface area contributed by atoms with Gasteiger partial charge in [-0.05, 0) is 148 Å². The van der Waals surface area contributed by atoms with Crippen LogP contribution >= 0.6 is 0 Å². The molecule has 1 saturated heterocycles. The minimum Gasteiger partial charge on any atom is -0.508 e. The Hall–Kier alpha value is -4.39. The third-order valence-electron chi connectivity index (χ3n) is 10.7. The Bertz CT molecular complexity index is 1790. The third-order valence-corrected chi connectivity index (χ3v) is 10.7. The number of aliphatic hydroxyl groups is 1. The molecule has 56 heavy (non-hydrogen) atoms. The van der Waals surface area contributed by atoms with Crippen molar-refractivity contribution >= 4 is 0 Å². The standard InChI is InChI=1S/C48H61NO7/c1-8-52-34(4)54-42-25-18-38(19-26-42)47(33(3)36-16-23-41(50)24-17-36)46(39-20-27-43(28-21-39)55-45-11-9-10-30-53-45)32(2)35-12-14-37(15-13-35)40(31-49)22-29-44(51)56-48(5,6)7/h12-21,23-28,32-34,40,44-47,50-51H,8-11,22,29-30H2,1-7H3. The topological polar surface area (TPSA) is 110 Å². The molecular weight excluding hydrogens is 703 g/mol. The molecule has 4 aromatic carbocycles. The van der Waals surface area contributed by atoms with Crippen LogP contribution in [-0.4, -0.2) is 47.9 Å². The number of nitrogens with zero attached hydrogens (tertiary/aromatic N) is 1. The molecule has 300 valence electrons. The van der Waals surface area contributed by atoms with Crippen LogP contribution < -0.4 is 9.47 Å². The molecule has 0 spiro atoms. The summed E-state index contributed by atoms with van der Waals surface area (Å²) in [5.74, 6) is 1.46. The second-order valence-corrected chi connectivity index (χ2v) is 16.0. The van der Waals surface area contributed by atoms with Crippen molar-refractivity contribution in [2.75, 3.05) is 13.2 Å². The van der Waals surface area contributed by atoms with Gasteiger partial charge < -0.3 is 33.9 Å². The first-order chi connectivity index (χ1) is 26.8. The number of ether oxygens (including phenoxy) is 5. The number of benzene rings is 4. The highest BCUT2D eigenvalue weighted by molar-refractivity contribution is 5.42. The first-order valence-corrected chi connectivity index (χ1v) is 20.3. The first kappa shape index (κ1) is 42.7. The van der Waals surface area contributed by atoms with E-state index in [0.29, 0.717) is 19.4 Å². The summed E-state index contributed by atoms with van der Waals surface area (Å²) < 4.78 is 29.5. The van der Waals surface area contributed by atoms with Crippen molar-refractivity contribution < 1.29 is 33.9 Å². The van der Waals surface area contributed by atoms with Crippen molar-refractivity contribution in [2.45, 2.75) is 135 Å². The van der Waals surface area contributed by atoms with Crippen molar-refractivity contribution in [3.63, 3.8) is 0 Å². The van der Waals surface area contributed by atoms with Gasteiger partial charge in [-0.15, -0.1) is 0 Å². The number of aromatic hydroxyl groups is 1. The fourth-order valence-electron chi connectivity index (χ4n) is 7.87. The minimum absolute atomic E-state index is 0.00260. The van der Waals surface area contributed by atoms with Gasteiger partial charge in [-0.25, -0.2) is 0 Å². The average molecular weight is 764 g/mol. The van der Waals surface area contributed by atoms with Gasteiger partial charge in [0.15, 0.2) is 18.9 Å². The van der Waals surface area contributed by atoms with Gasteiger partial charge in [0, 0.05) is 13.0 Å². The van der Waals surface area contributed by atoms with E-state index in [1.165, 1.54) is 5.56 Å². The largest absolute Gasteiger partial charge is 0.508 e. The molecule has 0 bridgehead atoms. The van der Waals surface area contributed by atoms with Crippen LogP contribution in [0.2, 0.25) is 0 Å². The van der Waals surface area contributed by atoms with E-state index in [1.54, 1.807) is 12.1 Å². The molecule has 4 aromatic rings. The van der Waals surface area contributed by atoms with Crippen molar-refractivity contribution in [1.82, 2.24) is 0 Å². The Morgan fingerprint density at radius 2 is 1.25 bits per heavy atom. The highest BCUT2D eigenvalue weighted by Crippen LogP contribution is 2.50. The SMILES string of the molecule is CCOC(C)Oc1ccc(C(C(C)c2ccc(O)cc2)C(c2ccc(OC3CCCCO3)cc2)C(C)c2ccc(C(C#N)CCC(O)OC(C)(C)C)cc2)cc1. The van der Waals surface area contributed by atoms with E-state index in [4.69, 9.17) is 23.7 Å². The number of nitriles is 1. The number of phenolic OH excluding ortho intramolecular Hbond substituents is 1. The lowest BCUT2D eigenvalue weighted by Crippen LogP contribution is -2.27. The summed E-state index contributed by atoms with van der Waals surface area (Å²) in [4.78, 5) is 0. The predicted molar refractivity (Wildman–Crippen MR) is 220 cm³/mol. The molecule has 0 amide bonds. The van der Waals surface area contributed by atoms with Crippen LogP contribution in [0.5, 0.6) is 17.2 Å². The normalized spacial score (nSPS) is 18.4. The molecule has 8 atom stereocenters. The fourth-order valence-corrected chi connectivity index (χ4v) is 7.87. The summed E-state index contributed by atoms with van der Waals surface area (Å²) in [6.45, 7) is 15.4. The Labute approximate surface area is 334 Å². The number of hydrogen-bond acceptors (Lipinski definition) is 8. The van der Waals surface area contributed by atoms with Gasteiger partial charge in [-0.2, -0.15) is 5.26 Å². The molecule has 0 saturated carbocycles. The summed E-state index contributed by atoms with van der Waals surface area (Å²) in [5.41, 5.74) is 5.04. The van der Waals surface area contributed by atoms with Gasteiger partial charge in [0.25, 0.3) is 0 Å². The van der Waals surface area contributed by atoms with Gasteiger partial charge >= 0.3 is 0 Å². The zero-order valence-corrected chi connectivity index (χ0v) is 34.2. The van der Waals surface area contributed by atoms with Crippen molar-refractivity contribution in [3.8, 4) is 23.3 Å². The quantitative estimate of drug-likeness (QED) is 0.0964. The lowest BCUT2D eigenvalue weighted by atomic mass is 9.66. The molecule has 0 aliphatic carbocycles. The maximum atomic E-state index is 10.5. The molecule has 0 radical (unpaired) electrons. The van der Waals surface area contributed by atoms with Gasteiger partial charge in [0.05, 0.1) is 24.2 Å². The average Bonchev–Trinajstić information content (AvgIpc) is 3.18. The van der Waals surface area contributed by atoms with Gasteiger partial charge in [-0.3, -0.25) is 0 Å². The summed E-state index contributed by atoms with van der Waals surface area (Å²) >= 11 is 0. The second kappa shape index (κ2) is 20.2. The molecule has 2 N–H and O–H groups in total. The number of rotatable bonds is 18. The summed E-state index contributed by atoms with van der Waals surface area (Å²) in [5, 5.41) is 30.8. The Balaban J connectivity index is 1.52. The molecule has 8 unspecified atom stereocenters. The van der Waals surface area contributed by atoms with Gasteiger partial charge in [-0.1, -0.05) is 74.5 Å². The van der Waals surface area contributed by atoms with Crippen molar-refractivity contribution in [3.05, 3.63) is 125 Å². The lowest BCUT2D eigenvalue weighted by molar-refractivity contribution is -0.168. The molecule has 1 aliphatic heterocycles. The van der Waals surface area contributed by atoms with Crippen LogP contribution in [0.3, 0.4) is 0 Å². The monoisotopic (exact) mass is 763 g/mol. The van der Waals surface area contributed by atoms with Gasteiger partial charge in [0.1, 0.15) is 17.2 Å². The fraction of sp³-hybridized carbons (Fsp3) is 0.479. The molecular formula is C48H61NO7. The van der Waals surface area contributed by atoms with E-state index >= 15 is 0 Å². The van der Waals surface area contributed by atoms with Crippen LogP contribution in [0.1, 0.15) is 138 Å². The molecule has 1 aliphatic rings. The molecule has 8 nitrogen and oxygen atoms in total. The van der Waals surface area contributed by atoms with E-state index in [9.17, 15) is 15.5 Å². The molecule has 1 fully saturated rings. The maximum Gasteiger partial charge on any atom is 0.199 e. The number of hydrogen-bond donors (Lipinski definition) is 2. The smallest absolute Gasteiger partial charge is 0.199 e. The maximum absolute atomic E-state index is 10.5. The first-order valence-electron chi connectivity index (χ1n) is 20.3. The highest BCUT2D eigenvalue weighted by Gasteiger charge is 2.35. The van der Waals surface area contributed by atoms with E-state index in [1.807, 2.05) is 58.9 Å². The van der Waals surface area contributed by atoms with E-state index in [2.05, 4.69) is 80.6 Å². The van der Waals surface area contributed by atoms with Crippen molar-refractivity contribution in [2.24, 2.45) is 0 Å². The Morgan fingerprint density at radius 1 is 0.732 bits per heavy atom. The number of phenols is 1. The van der Waals surface area contributed by atoms with Crippen LogP contribution in [-0.2, 0) is 14.2 Å². The second-order valence-electron chi connectivity index (χ2n) is 16.0. The third kappa shape index (κ3) is 12.1. The molecule has 8 heteroatoms. The van der Waals surface area contributed by atoms with Crippen molar-refractivity contribution in [1.29, 1.82) is 5.26 Å². The van der Waals surface area contributed by atoms with Gasteiger partial charge in [0.2, 0.25) is 0 Å². The van der Waals surface area contributed by atoms with Crippen LogP contribution in [0.4, 0.5) is 0 Å². The zero-order valence-electron chi connectivity index (χ0n) is 34.2. The van der Waals surface area contributed by atoms with Crippen LogP contribution in [0.25, 0.3) is 0 Å². The van der Waals surface area contributed by atoms with E-state index < -0.39 is 11.9 Å². The predicted octanol–water partition coefficient (Wildman–Crippen LogP) is 11.1. The van der Waals surface area contributed by atoms with Crippen LogP contribution in [0.15, 0.2) is 97.1 Å². The van der Waals surface area contributed by atoms with E-state index in [0.717, 1.165) is 59.6 Å². The van der Waals surface area contributed by atoms with E-state index in [-0.39, 0.29) is 47.9 Å². The summed E-state index contributed by atoms with van der Waals surface area (Å²) in [6.07, 6.45) is 2.36. The molecule has 5 rings (SSSR count). The zero-order chi connectivity index (χ0) is 40.2. The summed E-state index contributed by atoms with van der Waals surface area (Å²) in [7, 11) is 0. The minimum atomic E-state index is -0.931. The number of aliphatic hydroxyl groups excluding tert-OH is 1. The van der Waals surface area contributed by atoms with Crippen LogP contribution in [0, 0.1) is 11.3 Å². The molecule has 1 heterocycles. The lowest BCUT2D eigenvalue weighted by Gasteiger charge is -2.37. The Kier molecular flexibility index (Phi) is 15.4. The molecule has 0 aromatic heterocycles.